The van der Waals surface area contributed by atoms with Crippen LogP contribution in [0.15, 0.2) is 54.6 Å². The number of rotatable bonds is 5. The lowest BCUT2D eigenvalue weighted by atomic mass is 9.91. The van der Waals surface area contributed by atoms with Gasteiger partial charge in [-0.2, -0.15) is 0 Å². The van der Waals surface area contributed by atoms with Crippen LogP contribution in [0.25, 0.3) is 11.1 Å². The van der Waals surface area contributed by atoms with E-state index in [9.17, 15) is 0 Å². The number of benzene rings is 2. The molecule has 2 rings (SSSR count). The predicted molar refractivity (Wildman–Crippen MR) is 84.5 cm³/mol. The Morgan fingerprint density at radius 2 is 1.50 bits per heavy atom. The van der Waals surface area contributed by atoms with E-state index < -0.39 is 0 Å². The number of nitrogens with two attached hydrogens (primary N) is 1. The Balaban J connectivity index is 2.20. The van der Waals surface area contributed by atoms with Gasteiger partial charge in [0.15, 0.2) is 0 Å². The second kappa shape index (κ2) is 6.21. The van der Waals surface area contributed by atoms with Gasteiger partial charge in [-0.05, 0) is 37.5 Å². The molecular formula is C18H23NO. The van der Waals surface area contributed by atoms with Gasteiger partial charge in [0.25, 0.3) is 0 Å². The van der Waals surface area contributed by atoms with Crippen LogP contribution in [0.5, 0.6) is 0 Å². The van der Waals surface area contributed by atoms with Crippen molar-refractivity contribution in [3.63, 3.8) is 0 Å². The molecule has 0 fully saturated rings. The fraction of sp³-hybridized carbons (Fsp3) is 0.333. The van der Waals surface area contributed by atoms with Crippen LogP contribution in [-0.2, 0) is 4.74 Å². The van der Waals surface area contributed by atoms with Crippen molar-refractivity contribution in [2.24, 2.45) is 5.73 Å². The Kier molecular flexibility index (Phi) is 4.58. The van der Waals surface area contributed by atoms with E-state index >= 15 is 0 Å². The number of hydrogen-bond acceptors (Lipinski definition) is 2. The maximum atomic E-state index is 6.32. The van der Waals surface area contributed by atoms with Crippen molar-refractivity contribution in [2.45, 2.75) is 32.4 Å². The van der Waals surface area contributed by atoms with Crippen LogP contribution in [0, 0.1) is 0 Å². The van der Waals surface area contributed by atoms with Gasteiger partial charge < -0.3 is 10.5 Å². The van der Waals surface area contributed by atoms with Crippen LogP contribution in [0.3, 0.4) is 0 Å². The molecule has 0 aliphatic carbocycles. The Labute approximate surface area is 121 Å². The van der Waals surface area contributed by atoms with E-state index in [1.165, 1.54) is 11.1 Å². The molecule has 0 aliphatic rings. The van der Waals surface area contributed by atoms with Gasteiger partial charge in [-0.3, -0.25) is 0 Å². The maximum Gasteiger partial charge on any atom is 0.0818 e. The number of hydrogen-bond donors (Lipinski definition) is 1. The zero-order valence-electron chi connectivity index (χ0n) is 12.5. The van der Waals surface area contributed by atoms with E-state index in [1.54, 1.807) is 0 Å². The van der Waals surface area contributed by atoms with Gasteiger partial charge in [0.2, 0.25) is 0 Å². The molecule has 0 aliphatic heterocycles. The van der Waals surface area contributed by atoms with Crippen LogP contribution in [0.1, 0.15) is 32.4 Å². The van der Waals surface area contributed by atoms with Crippen molar-refractivity contribution in [1.82, 2.24) is 0 Å². The van der Waals surface area contributed by atoms with Gasteiger partial charge >= 0.3 is 0 Å². The molecule has 2 heteroatoms. The first kappa shape index (κ1) is 14.8. The second-order valence-corrected chi connectivity index (χ2v) is 5.50. The SMILES string of the molecule is CCOC(C)(C)C(N)c1ccc(-c2ccccc2)cc1. The lowest BCUT2D eigenvalue weighted by Crippen LogP contribution is -2.38. The van der Waals surface area contributed by atoms with E-state index in [-0.39, 0.29) is 11.6 Å². The fourth-order valence-electron chi connectivity index (χ4n) is 2.38. The average molecular weight is 269 g/mol. The Hall–Kier alpha value is -1.64. The predicted octanol–water partition coefficient (Wildman–Crippen LogP) is 4.17. The van der Waals surface area contributed by atoms with E-state index in [0.717, 1.165) is 5.56 Å². The minimum absolute atomic E-state index is 0.132. The molecule has 1 unspecified atom stereocenters. The monoisotopic (exact) mass is 269 g/mol. The highest BCUT2D eigenvalue weighted by molar-refractivity contribution is 5.63. The summed E-state index contributed by atoms with van der Waals surface area (Å²) in [4.78, 5) is 0. The van der Waals surface area contributed by atoms with Crippen LogP contribution < -0.4 is 5.73 Å². The Bertz CT molecular complexity index is 531. The van der Waals surface area contributed by atoms with Gasteiger partial charge in [-0.25, -0.2) is 0 Å². The molecule has 2 aromatic carbocycles. The van der Waals surface area contributed by atoms with E-state index in [4.69, 9.17) is 10.5 Å². The first-order valence-electron chi connectivity index (χ1n) is 7.09. The average Bonchev–Trinajstić information content (AvgIpc) is 2.47. The first-order valence-corrected chi connectivity index (χ1v) is 7.09. The molecule has 0 heterocycles. The highest BCUT2D eigenvalue weighted by Gasteiger charge is 2.27. The van der Waals surface area contributed by atoms with Gasteiger partial charge in [0.05, 0.1) is 11.6 Å². The third-order valence-corrected chi connectivity index (χ3v) is 3.64. The third-order valence-electron chi connectivity index (χ3n) is 3.64. The molecule has 2 N–H and O–H groups in total. The Morgan fingerprint density at radius 3 is 2.05 bits per heavy atom. The van der Waals surface area contributed by atoms with Gasteiger partial charge in [-0.1, -0.05) is 54.6 Å². The lowest BCUT2D eigenvalue weighted by Gasteiger charge is -2.31. The molecule has 0 spiro atoms. The van der Waals surface area contributed by atoms with Gasteiger partial charge in [0.1, 0.15) is 0 Å². The lowest BCUT2D eigenvalue weighted by molar-refractivity contribution is -0.0297. The molecule has 0 bridgehead atoms. The summed E-state index contributed by atoms with van der Waals surface area (Å²) < 4.78 is 5.74. The van der Waals surface area contributed by atoms with E-state index in [0.29, 0.717) is 6.61 Å². The topological polar surface area (TPSA) is 35.2 Å². The van der Waals surface area contributed by atoms with Crippen molar-refractivity contribution >= 4 is 0 Å². The normalized spacial score (nSPS) is 13.2. The van der Waals surface area contributed by atoms with Crippen LogP contribution in [-0.4, -0.2) is 12.2 Å². The van der Waals surface area contributed by atoms with Crippen LogP contribution >= 0.6 is 0 Å². The minimum Gasteiger partial charge on any atom is -0.374 e. The van der Waals surface area contributed by atoms with Gasteiger partial charge in [-0.15, -0.1) is 0 Å². The minimum atomic E-state index is -0.358. The molecule has 2 aromatic rings. The van der Waals surface area contributed by atoms with Crippen LogP contribution in [0.2, 0.25) is 0 Å². The molecule has 0 radical (unpaired) electrons. The van der Waals surface area contributed by atoms with Crippen molar-refractivity contribution in [2.75, 3.05) is 6.61 Å². The summed E-state index contributed by atoms with van der Waals surface area (Å²) in [7, 11) is 0. The van der Waals surface area contributed by atoms with Crippen molar-refractivity contribution in [3.05, 3.63) is 60.2 Å². The smallest absolute Gasteiger partial charge is 0.0818 e. The maximum absolute atomic E-state index is 6.32. The van der Waals surface area contributed by atoms with Crippen molar-refractivity contribution < 1.29 is 4.74 Å². The van der Waals surface area contributed by atoms with E-state index in [2.05, 4.69) is 36.4 Å². The fourth-order valence-corrected chi connectivity index (χ4v) is 2.38. The molecular weight excluding hydrogens is 246 g/mol. The summed E-state index contributed by atoms with van der Waals surface area (Å²) in [6.45, 7) is 6.73. The quantitative estimate of drug-likeness (QED) is 0.884. The largest absolute Gasteiger partial charge is 0.374 e. The summed E-state index contributed by atoms with van der Waals surface area (Å²) in [5, 5.41) is 0. The molecule has 2 nitrogen and oxygen atoms in total. The summed E-state index contributed by atoms with van der Waals surface area (Å²) in [5.74, 6) is 0. The molecule has 0 saturated heterocycles. The molecule has 1 atom stereocenters. The molecule has 0 amide bonds. The highest BCUT2D eigenvalue weighted by Crippen LogP contribution is 2.28. The van der Waals surface area contributed by atoms with Crippen LogP contribution in [0.4, 0.5) is 0 Å². The van der Waals surface area contributed by atoms with Gasteiger partial charge in [0, 0.05) is 6.61 Å². The Morgan fingerprint density at radius 1 is 0.950 bits per heavy atom. The zero-order chi connectivity index (χ0) is 14.6. The summed E-state index contributed by atoms with van der Waals surface area (Å²) in [6, 6.07) is 18.6. The molecule has 106 valence electrons. The molecule has 20 heavy (non-hydrogen) atoms. The van der Waals surface area contributed by atoms with Crippen molar-refractivity contribution in [1.29, 1.82) is 0 Å². The summed E-state index contributed by atoms with van der Waals surface area (Å²) >= 11 is 0. The highest BCUT2D eigenvalue weighted by atomic mass is 16.5. The molecule has 0 saturated carbocycles. The second-order valence-electron chi connectivity index (χ2n) is 5.50. The summed E-state index contributed by atoms with van der Waals surface area (Å²) in [5.41, 5.74) is 9.49. The molecule has 0 aromatic heterocycles. The summed E-state index contributed by atoms with van der Waals surface area (Å²) in [6.07, 6.45) is 0. The zero-order valence-corrected chi connectivity index (χ0v) is 12.5. The standard InChI is InChI=1S/C18H23NO/c1-4-20-18(2,3)17(19)16-12-10-15(11-13-16)14-8-6-5-7-9-14/h5-13,17H,4,19H2,1-3H3. The first-order chi connectivity index (χ1) is 9.54. The third kappa shape index (κ3) is 3.27. The van der Waals surface area contributed by atoms with Crippen molar-refractivity contribution in [3.8, 4) is 11.1 Å². The number of ether oxygens (including phenoxy) is 1. The van der Waals surface area contributed by atoms with E-state index in [1.807, 2.05) is 39.0 Å².